The molecule has 0 spiro atoms. The number of amides is 2. The van der Waals surface area contributed by atoms with E-state index < -0.39 is 11.5 Å². The normalized spacial score (nSPS) is 17.1. The first-order chi connectivity index (χ1) is 21.3. The van der Waals surface area contributed by atoms with E-state index in [-0.39, 0.29) is 17.8 Å². The van der Waals surface area contributed by atoms with Crippen LogP contribution in [0.4, 0.5) is 11.4 Å². The van der Waals surface area contributed by atoms with Crippen molar-refractivity contribution in [2.75, 3.05) is 42.9 Å². The van der Waals surface area contributed by atoms with Gasteiger partial charge in [-0.1, -0.05) is 57.2 Å². The molecule has 1 saturated heterocycles. The van der Waals surface area contributed by atoms with Gasteiger partial charge in [0.05, 0.1) is 0 Å². The van der Waals surface area contributed by atoms with Crippen molar-refractivity contribution in [1.82, 2.24) is 9.80 Å². The third-order valence-electron chi connectivity index (χ3n) is 9.02. The molecule has 0 bridgehead atoms. The highest BCUT2D eigenvalue weighted by Crippen LogP contribution is 2.38. The third kappa shape index (κ3) is 7.06. The van der Waals surface area contributed by atoms with Crippen LogP contribution in [-0.4, -0.2) is 60.3 Å². The Morgan fingerprint density at radius 3 is 2.22 bits per heavy atom. The number of hydrogen-bond acceptors (Lipinski definition) is 6. The number of benzene rings is 3. The second kappa shape index (κ2) is 13.1. The molecule has 3 aromatic rings. The van der Waals surface area contributed by atoms with Gasteiger partial charge in [0, 0.05) is 63.0 Å². The molecule has 1 fully saturated rings. The molecule has 8 nitrogen and oxygen atoms in total. The van der Waals surface area contributed by atoms with Crippen LogP contribution in [0.5, 0.6) is 5.75 Å². The first-order valence-corrected chi connectivity index (χ1v) is 15.9. The molecule has 5 rings (SSSR count). The lowest BCUT2D eigenvalue weighted by atomic mass is 9.87. The fourth-order valence-corrected chi connectivity index (χ4v) is 6.43. The average molecular weight is 611 g/mol. The zero-order chi connectivity index (χ0) is 32.5. The van der Waals surface area contributed by atoms with Gasteiger partial charge in [-0.3, -0.25) is 19.3 Å². The predicted octanol–water partition coefficient (Wildman–Crippen LogP) is 5.97. The highest BCUT2D eigenvalue weighted by Gasteiger charge is 2.40. The Balaban J connectivity index is 1.43. The highest BCUT2D eigenvalue weighted by atomic mass is 16.5. The van der Waals surface area contributed by atoms with Gasteiger partial charge in [-0.2, -0.15) is 0 Å². The van der Waals surface area contributed by atoms with Crippen LogP contribution in [-0.2, 0) is 27.3 Å². The lowest BCUT2D eigenvalue weighted by Gasteiger charge is -2.41. The Morgan fingerprint density at radius 1 is 0.889 bits per heavy atom. The molecule has 2 amide bonds. The van der Waals surface area contributed by atoms with Crippen molar-refractivity contribution >= 4 is 29.2 Å². The molecule has 3 aromatic carbocycles. The monoisotopic (exact) mass is 610 g/mol. The molecule has 0 aliphatic carbocycles. The molecule has 1 atom stereocenters. The third-order valence-corrected chi connectivity index (χ3v) is 9.02. The number of piperazine rings is 1. The predicted molar refractivity (Wildman–Crippen MR) is 179 cm³/mol. The van der Waals surface area contributed by atoms with E-state index in [0.717, 1.165) is 66.2 Å². The molecular weight excluding hydrogens is 564 g/mol. The minimum absolute atomic E-state index is 0.0532. The number of carbonyl (C=O) groups is 3. The van der Waals surface area contributed by atoms with Crippen molar-refractivity contribution in [2.24, 2.45) is 5.41 Å². The molecule has 238 valence electrons. The van der Waals surface area contributed by atoms with E-state index >= 15 is 0 Å². The van der Waals surface area contributed by atoms with Gasteiger partial charge in [0.25, 0.3) is 5.91 Å². The van der Waals surface area contributed by atoms with Crippen LogP contribution in [0, 0.1) is 26.2 Å². The number of anilines is 2. The Labute approximate surface area is 267 Å². The summed E-state index contributed by atoms with van der Waals surface area (Å²) in [6, 6.07) is 18.0. The van der Waals surface area contributed by atoms with Gasteiger partial charge in [-0.05, 0) is 78.8 Å². The van der Waals surface area contributed by atoms with Crippen molar-refractivity contribution < 1.29 is 19.1 Å². The van der Waals surface area contributed by atoms with Gasteiger partial charge in [-0.25, -0.2) is 0 Å². The lowest BCUT2D eigenvalue weighted by molar-refractivity contribution is -0.146. The maximum absolute atomic E-state index is 14.3. The summed E-state index contributed by atoms with van der Waals surface area (Å²) in [5.74, 6) is -0.178. The molecule has 0 aromatic heterocycles. The summed E-state index contributed by atoms with van der Waals surface area (Å²) in [5, 5.41) is 3.15. The number of esters is 1. The van der Waals surface area contributed by atoms with Gasteiger partial charge in [0.15, 0.2) is 0 Å². The lowest BCUT2D eigenvalue weighted by Crippen LogP contribution is -2.49. The summed E-state index contributed by atoms with van der Waals surface area (Å²) in [6.45, 7) is 17.8. The van der Waals surface area contributed by atoms with E-state index in [0.29, 0.717) is 24.4 Å². The Morgan fingerprint density at radius 2 is 1.58 bits per heavy atom. The van der Waals surface area contributed by atoms with Crippen molar-refractivity contribution in [1.29, 1.82) is 0 Å². The largest absolute Gasteiger partial charge is 0.426 e. The number of aryl methyl sites for hydroxylation is 1. The van der Waals surface area contributed by atoms with Gasteiger partial charge in [-0.15, -0.1) is 0 Å². The number of hydrogen-bond donors (Lipinski definition) is 1. The summed E-state index contributed by atoms with van der Waals surface area (Å²) in [6.07, 6.45) is 0.695. The molecular formula is C37H46N4O4. The molecule has 0 radical (unpaired) electrons. The average Bonchev–Trinajstić information content (AvgIpc) is 3.01. The first-order valence-electron chi connectivity index (χ1n) is 15.9. The van der Waals surface area contributed by atoms with E-state index in [1.54, 1.807) is 4.90 Å². The van der Waals surface area contributed by atoms with E-state index in [2.05, 4.69) is 57.6 Å². The quantitative estimate of drug-likeness (QED) is 0.274. The van der Waals surface area contributed by atoms with Crippen molar-refractivity contribution in [3.05, 3.63) is 88.0 Å². The second-order valence-electron chi connectivity index (χ2n) is 13.4. The molecule has 8 heteroatoms. The van der Waals surface area contributed by atoms with Crippen LogP contribution in [0.1, 0.15) is 67.1 Å². The molecule has 2 aliphatic heterocycles. The van der Waals surface area contributed by atoms with E-state index in [1.807, 2.05) is 53.7 Å². The van der Waals surface area contributed by atoms with Crippen molar-refractivity contribution in [3.8, 4) is 5.75 Å². The zero-order valence-corrected chi connectivity index (χ0v) is 27.7. The Bertz CT molecular complexity index is 1590. The number of ether oxygens (including phenoxy) is 1. The van der Waals surface area contributed by atoms with Crippen LogP contribution in [0.3, 0.4) is 0 Å². The minimum atomic E-state index is -0.770. The summed E-state index contributed by atoms with van der Waals surface area (Å²) in [7, 11) is 0. The van der Waals surface area contributed by atoms with Crippen LogP contribution < -0.4 is 15.0 Å². The molecule has 2 heterocycles. The summed E-state index contributed by atoms with van der Waals surface area (Å²) < 4.78 is 5.46. The SMILES string of the molecule is CC(=O)Oc1c(C)cc(NC(=O)C2c3cc(N4CCN(Cc5ccccc5)CC4)ccc3CCN2C(=O)C(C)(C)C)c(C)c1C. The fraction of sp³-hybridized carbons (Fsp3) is 0.432. The Kier molecular flexibility index (Phi) is 9.35. The van der Waals surface area contributed by atoms with Crippen LogP contribution >= 0.6 is 0 Å². The highest BCUT2D eigenvalue weighted by molar-refractivity contribution is 6.00. The van der Waals surface area contributed by atoms with E-state index in [9.17, 15) is 14.4 Å². The molecule has 45 heavy (non-hydrogen) atoms. The van der Waals surface area contributed by atoms with Gasteiger partial charge < -0.3 is 19.9 Å². The standard InChI is InChI=1S/C37H46N4O4/c1-24-21-32(25(2)26(3)34(24)45-27(4)42)38-35(43)33-31-22-30(14-13-29(31)15-16-41(33)36(44)37(5,6)7)40-19-17-39(18-20-40)23-28-11-9-8-10-12-28/h8-14,21-22,33H,15-20,23H2,1-7H3,(H,38,43). The molecule has 2 aliphatic rings. The fourth-order valence-electron chi connectivity index (χ4n) is 6.43. The molecule has 0 saturated carbocycles. The maximum Gasteiger partial charge on any atom is 0.308 e. The number of carbonyl (C=O) groups excluding carboxylic acids is 3. The number of nitrogens with one attached hydrogen (secondary N) is 1. The number of fused-ring (bicyclic) bond motifs is 1. The van der Waals surface area contributed by atoms with Crippen LogP contribution in [0.15, 0.2) is 54.6 Å². The van der Waals surface area contributed by atoms with Crippen molar-refractivity contribution in [3.63, 3.8) is 0 Å². The summed E-state index contributed by atoms with van der Waals surface area (Å²) >= 11 is 0. The second-order valence-corrected chi connectivity index (χ2v) is 13.4. The smallest absolute Gasteiger partial charge is 0.308 e. The first kappa shape index (κ1) is 32.2. The van der Waals surface area contributed by atoms with Crippen LogP contribution in [0.25, 0.3) is 0 Å². The summed E-state index contributed by atoms with van der Waals surface area (Å²) in [5.41, 5.74) is 6.73. The number of nitrogens with zero attached hydrogens (tertiary/aromatic N) is 3. The van der Waals surface area contributed by atoms with Crippen molar-refractivity contribution in [2.45, 2.75) is 67.5 Å². The number of rotatable bonds is 6. The Hall–Kier alpha value is -4.17. The maximum atomic E-state index is 14.3. The van der Waals surface area contributed by atoms with E-state index in [4.69, 9.17) is 4.74 Å². The van der Waals surface area contributed by atoms with Crippen LogP contribution in [0.2, 0.25) is 0 Å². The molecule has 1 N–H and O–H groups in total. The van der Waals surface area contributed by atoms with E-state index in [1.165, 1.54) is 12.5 Å². The van der Waals surface area contributed by atoms with Gasteiger partial charge in [0.2, 0.25) is 5.91 Å². The zero-order valence-electron chi connectivity index (χ0n) is 27.7. The van der Waals surface area contributed by atoms with Gasteiger partial charge in [0.1, 0.15) is 11.8 Å². The van der Waals surface area contributed by atoms with Gasteiger partial charge >= 0.3 is 5.97 Å². The molecule has 1 unspecified atom stereocenters. The topological polar surface area (TPSA) is 82.2 Å². The summed E-state index contributed by atoms with van der Waals surface area (Å²) in [4.78, 5) is 46.4. The minimum Gasteiger partial charge on any atom is -0.426 e.